The number of rotatable bonds is 3. The Bertz CT molecular complexity index is 1910. The Labute approximate surface area is 272 Å². The molecule has 43 heavy (non-hydrogen) atoms. The normalized spacial score (nSPS) is 20.7. The Balaban J connectivity index is 0.00000184. The summed E-state index contributed by atoms with van der Waals surface area (Å²) in [6.45, 7) is 19.0. The molecular weight excluding hydrogens is 643 g/mol. The average molecular weight is 689 g/mol. The van der Waals surface area contributed by atoms with Gasteiger partial charge in [-0.05, 0) is 0 Å². The summed E-state index contributed by atoms with van der Waals surface area (Å²) >= 11 is -4.23. The van der Waals surface area contributed by atoms with Crippen LogP contribution in [0.5, 0.6) is 0 Å². The van der Waals surface area contributed by atoms with Crippen molar-refractivity contribution < 1.29 is 18.3 Å². The molecule has 0 fully saturated rings. The van der Waals surface area contributed by atoms with Gasteiger partial charge in [0.15, 0.2) is 0 Å². The van der Waals surface area contributed by atoms with Crippen LogP contribution in [0.3, 0.4) is 0 Å². The van der Waals surface area contributed by atoms with Crippen LogP contribution in [0.4, 0.5) is 0 Å². The van der Waals surface area contributed by atoms with Crippen LogP contribution in [0.25, 0.3) is 22.3 Å². The van der Waals surface area contributed by atoms with Crippen molar-refractivity contribution in [1.82, 2.24) is 0 Å². The third-order valence-corrected chi connectivity index (χ3v) is 27.1. The van der Waals surface area contributed by atoms with Gasteiger partial charge in [0, 0.05) is 0 Å². The summed E-state index contributed by atoms with van der Waals surface area (Å²) in [5, 5.41) is 0. The molecule has 0 saturated heterocycles. The first-order valence-corrected chi connectivity index (χ1v) is 23.3. The summed E-state index contributed by atoms with van der Waals surface area (Å²) in [7, 11) is 0. The first kappa shape index (κ1) is 32.3. The SMILES string of the molecule is Cl.Cl.[CH2]=[Zr]([CH3])([C]1=CC(C)=CC1C)([C]1=C(C)c2cc3c(cc2C1(C)C)Cc1cc2c(cc1-3)C(C)=CC2(C)C)[c]1ccccc1. The fraction of sp³-hybridized carbons (Fsp3) is 0.325. The molecule has 224 valence electrons. The molecule has 0 amide bonds. The summed E-state index contributed by atoms with van der Waals surface area (Å²) in [5.74, 6) is 0.419. The molecule has 0 aliphatic heterocycles. The molecule has 3 aromatic rings. The predicted molar refractivity (Wildman–Crippen MR) is 192 cm³/mol. The number of hydrogen-bond donors (Lipinski definition) is 0. The summed E-state index contributed by atoms with van der Waals surface area (Å²) < 4.78 is 12.8. The fourth-order valence-corrected chi connectivity index (χ4v) is 26.8. The molecule has 0 aromatic heterocycles. The fourth-order valence-electron chi connectivity index (χ4n) is 9.83. The maximum absolute atomic E-state index is 5.47. The number of fused-ring (bicyclic) bond motifs is 5. The number of benzene rings is 3. The van der Waals surface area contributed by atoms with E-state index in [1.165, 1.54) is 64.5 Å². The van der Waals surface area contributed by atoms with Gasteiger partial charge in [0.2, 0.25) is 0 Å². The second-order valence-electron chi connectivity index (χ2n) is 15.1. The number of hydrogen-bond acceptors (Lipinski definition) is 0. The van der Waals surface area contributed by atoms with Crippen LogP contribution < -0.4 is 3.27 Å². The quantitative estimate of drug-likeness (QED) is 0.201. The Hall–Kier alpha value is -2.05. The molecule has 4 aliphatic rings. The molecule has 1 atom stereocenters. The Morgan fingerprint density at radius 1 is 0.791 bits per heavy atom. The van der Waals surface area contributed by atoms with E-state index in [1.807, 2.05) is 0 Å². The molecule has 4 aliphatic carbocycles. The molecule has 0 N–H and O–H groups in total. The molecular formula is C40H46Cl2Zr. The van der Waals surface area contributed by atoms with Crippen LogP contribution in [-0.2, 0) is 35.5 Å². The van der Waals surface area contributed by atoms with Crippen LogP contribution in [-0.4, -0.2) is 4.21 Å². The molecule has 3 aromatic carbocycles. The predicted octanol–water partition coefficient (Wildman–Crippen LogP) is 10.8. The number of allylic oxidation sites excluding steroid dienone is 8. The van der Waals surface area contributed by atoms with E-state index in [-0.39, 0.29) is 35.6 Å². The van der Waals surface area contributed by atoms with E-state index < -0.39 is 18.3 Å². The van der Waals surface area contributed by atoms with Gasteiger partial charge in [-0.25, -0.2) is 0 Å². The second kappa shape index (κ2) is 9.98. The minimum atomic E-state index is -4.23. The zero-order valence-corrected chi connectivity index (χ0v) is 31.3. The molecule has 3 heteroatoms. The summed E-state index contributed by atoms with van der Waals surface area (Å²) in [4.78, 5) is 0. The van der Waals surface area contributed by atoms with Crippen molar-refractivity contribution in [2.75, 3.05) is 0 Å². The number of halogens is 2. The van der Waals surface area contributed by atoms with Gasteiger partial charge < -0.3 is 0 Å². The average Bonchev–Trinajstić information content (AvgIpc) is 3.57. The minimum absolute atomic E-state index is 0. The van der Waals surface area contributed by atoms with E-state index >= 15 is 0 Å². The third-order valence-electron chi connectivity index (χ3n) is 11.3. The van der Waals surface area contributed by atoms with E-state index in [0.29, 0.717) is 5.92 Å². The third kappa shape index (κ3) is 4.21. The van der Waals surface area contributed by atoms with Crippen LogP contribution in [0.15, 0.2) is 85.0 Å². The zero-order valence-electron chi connectivity index (χ0n) is 27.2. The van der Waals surface area contributed by atoms with Crippen LogP contribution in [0.1, 0.15) is 88.8 Å². The van der Waals surface area contributed by atoms with Crippen LogP contribution in [0, 0.1) is 5.92 Å². The molecule has 0 radical (unpaired) electrons. The molecule has 7 rings (SSSR count). The molecule has 0 heterocycles. The standard InChI is InChI=1S/C25H25.C7H9.C6H5.CH3.CH2.2ClH.Zr/c1-14-12-24(3,4)22-8-16-7-17-9-23-19(15(2)13-25(23,5)6)11-21(17)20(16)10-18(14)22;1-6-3-4-7(2)5-6;1-2-4-6-5-3-1;;;;;/h8-12H,7H2,1-6H3;3,5,7H,1-2H3;1-5H;1H3;1H2;2*1H;. The molecule has 0 saturated carbocycles. The molecule has 0 nitrogen and oxygen atoms in total. The second-order valence-corrected chi connectivity index (χ2v) is 29.1. The van der Waals surface area contributed by atoms with E-state index in [4.69, 9.17) is 4.21 Å². The van der Waals surface area contributed by atoms with Crippen molar-refractivity contribution >= 4 is 43.4 Å². The van der Waals surface area contributed by atoms with E-state index in [0.717, 1.165) is 6.42 Å². The van der Waals surface area contributed by atoms with Crippen molar-refractivity contribution in [2.45, 2.75) is 77.3 Å². The first-order chi connectivity index (χ1) is 19.1. The zero-order chi connectivity index (χ0) is 29.3. The Kier molecular flexibility index (Phi) is 7.51. The van der Waals surface area contributed by atoms with Crippen LogP contribution >= 0.6 is 24.8 Å². The van der Waals surface area contributed by atoms with Crippen molar-refractivity contribution in [1.29, 1.82) is 0 Å². The van der Waals surface area contributed by atoms with Gasteiger partial charge in [0.25, 0.3) is 0 Å². The topological polar surface area (TPSA) is 0 Å². The summed E-state index contributed by atoms with van der Waals surface area (Å²) in [6, 6.07) is 21.5. The molecule has 1 unspecified atom stereocenters. The van der Waals surface area contributed by atoms with Gasteiger partial charge in [-0.15, -0.1) is 24.8 Å². The van der Waals surface area contributed by atoms with Crippen molar-refractivity contribution in [3.05, 3.63) is 118 Å². The van der Waals surface area contributed by atoms with Crippen LogP contribution in [0.2, 0.25) is 4.63 Å². The van der Waals surface area contributed by atoms with Crippen molar-refractivity contribution in [2.24, 2.45) is 5.92 Å². The molecule has 0 bridgehead atoms. The first-order valence-electron chi connectivity index (χ1n) is 15.4. The van der Waals surface area contributed by atoms with Gasteiger partial charge in [-0.1, -0.05) is 0 Å². The Morgan fingerprint density at radius 2 is 1.37 bits per heavy atom. The van der Waals surface area contributed by atoms with Gasteiger partial charge in [0.1, 0.15) is 0 Å². The van der Waals surface area contributed by atoms with Gasteiger partial charge in [0.05, 0.1) is 0 Å². The van der Waals surface area contributed by atoms with Gasteiger partial charge >= 0.3 is 250 Å². The Morgan fingerprint density at radius 3 is 1.95 bits per heavy atom. The van der Waals surface area contributed by atoms with Crippen molar-refractivity contribution in [3.8, 4) is 11.1 Å². The summed E-state index contributed by atoms with van der Waals surface area (Å²) in [5.41, 5.74) is 16.0. The van der Waals surface area contributed by atoms with Gasteiger partial charge in [-0.2, -0.15) is 0 Å². The van der Waals surface area contributed by atoms with E-state index in [2.05, 4.69) is 133 Å². The van der Waals surface area contributed by atoms with E-state index in [9.17, 15) is 0 Å². The van der Waals surface area contributed by atoms with E-state index in [1.54, 1.807) is 6.56 Å². The maximum atomic E-state index is 5.47. The van der Waals surface area contributed by atoms with Gasteiger partial charge in [-0.3, -0.25) is 0 Å². The monoisotopic (exact) mass is 686 g/mol. The molecule has 0 spiro atoms. The summed E-state index contributed by atoms with van der Waals surface area (Å²) in [6.07, 6.45) is 8.43. The van der Waals surface area contributed by atoms with Crippen molar-refractivity contribution in [3.63, 3.8) is 0 Å².